The van der Waals surface area contributed by atoms with Crippen molar-refractivity contribution in [3.8, 4) is 0 Å². The molecule has 0 spiro atoms. The number of amides is 1. The van der Waals surface area contributed by atoms with E-state index in [1.54, 1.807) is 12.1 Å². The Kier molecular flexibility index (Phi) is 6.33. The largest absolute Gasteiger partial charge is 0.378 e. The first-order valence-electron chi connectivity index (χ1n) is 9.18. The van der Waals surface area contributed by atoms with Gasteiger partial charge in [0.05, 0.1) is 24.2 Å². The number of nitrogens with zero attached hydrogens (tertiary/aromatic N) is 1. The molecule has 2 aromatic rings. The fourth-order valence-corrected chi connectivity index (χ4v) is 4.10. The molecule has 1 heterocycles. The van der Waals surface area contributed by atoms with Crippen LogP contribution in [0.4, 0.5) is 11.4 Å². The van der Waals surface area contributed by atoms with Crippen LogP contribution in [-0.2, 0) is 19.6 Å². The molecule has 1 fully saturated rings. The second-order valence-electron chi connectivity index (χ2n) is 6.79. The monoisotopic (exact) mass is 403 g/mol. The van der Waals surface area contributed by atoms with Crippen LogP contribution in [-0.4, -0.2) is 46.7 Å². The minimum absolute atomic E-state index is 0.132. The summed E-state index contributed by atoms with van der Waals surface area (Å²) in [5.41, 5.74) is 2.64. The first-order chi connectivity index (χ1) is 13.3. The Morgan fingerprint density at radius 2 is 1.64 bits per heavy atom. The zero-order chi connectivity index (χ0) is 20.1. The molecule has 150 valence electrons. The van der Waals surface area contributed by atoms with E-state index >= 15 is 0 Å². The number of anilines is 2. The minimum Gasteiger partial charge on any atom is -0.378 e. The van der Waals surface area contributed by atoms with Gasteiger partial charge in [-0.1, -0.05) is 17.7 Å². The Hall–Kier alpha value is -2.42. The first-order valence-corrected chi connectivity index (χ1v) is 10.7. The number of hydrogen-bond acceptors (Lipinski definition) is 5. The average molecular weight is 404 g/mol. The number of nitrogens with one attached hydrogen (secondary N) is 2. The van der Waals surface area contributed by atoms with Crippen LogP contribution in [0.1, 0.15) is 12.5 Å². The van der Waals surface area contributed by atoms with E-state index in [1.165, 1.54) is 19.1 Å². The number of sulfonamides is 1. The molecule has 0 radical (unpaired) electrons. The van der Waals surface area contributed by atoms with Gasteiger partial charge >= 0.3 is 0 Å². The van der Waals surface area contributed by atoms with Crippen molar-refractivity contribution in [2.45, 2.75) is 24.8 Å². The predicted molar refractivity (Wildman–Crippen MR) is 109 cm³/mol. The lowest BCUT2D eigenvalue weighted by Crippen LogP contribution is -2.41. The van der Waals surface area contributed by atoms with Gasteiger partial charge in [0.15, 0.2) is 0 Å². The molecular weight excluding hydrogens is 378 g/mol. The molecule has 2 N–H and O–H groups in total. The van der Waals surface area contributed by atoms with Gasteiger partial charge in [-0.3, -0.25) is 4.79 Å². The van der Waals surface area contributed by atoms with Crippen LogP contribution in [0.2, 0.25) is 0 Å². The molecule has 2 aromatic carbocycles. The Morgan fingerprint density at radius 3 is 2.25 bits per heavy atom. The van der Waals surface area contributed by atoms with Gasteiger partial charge in [-0.15, -0.1) is 0 Å². The average Bonchev–Trinajstić information content (AvgIpc) is 2.69. The van der Waals surface area contributed by atoms with Gasteiger partial charge in [0, 0.05) is 24.5 Å². The second-order valence-corrected chi connectivity index (χ2v) is 8.51. The third-order valence-electron chi connectivity index (χ3n) is 4.57. The molecular formula is C20H25N3O4S. The zero-order valence-corrected chi connectivity index (χ0v) is 16.8. The van der Waals surface area contributed by atoms with E-state index in [2.05, 4.69) is 14.9 Å². The molecule has 1 aliphatic rings. The van der Waals surface area contributed by atoms with Gasteiger partial charge in [-0.25, -0.2) is 8.42 Å². The number of morpholine rings is 1. The Labute approximate surface area is 165 Å². The van der Waals surface area contributed by atoms with Crippen LogP contribution >= 0.6 is 0 Å². The van der Waals surface area contributed by atoms with Crippen LogP contribution in [0.3, 0.4) is 0 Å². The summed E-state index contributed by atoms with van der Waals surface area (Å²) in [5, 5.41) is 2.75. The summed E-state index contributed by atoms with van der Waals surface area (Å²) in [4.78, 5) is 14.7. The SMILES string of the molecule is Cc1ccc(S(=O)(=O)N[C@@H](C)C(=O)Nc2ccc(N3CCOCC3)cc2)cc1. The lowest BCUT2D eigenvalue weighted by molar-refractivity contribution is -0.117. The molecule has 28 heavy (non-hydrogen) atoms. The fraction of sp³-hybridized carbons (Fsp3) is 0.350. The van der Waals surface area contributed by atoms with Crippen molar-refractivity contribution in [1.29, 1.82) is 0 Å². The van der Waals surface area contributed by atoms with Gasteiger partial charge in [0.1, 0.15) is 0 Å². The van der Waals surface area contributed by atoms with E-state index in [-0.39, 0.29) is 4.90 Å². The molecule has 1 atom stereocenters. The van der Waals surface area contributed by atoms with E-state index < -0.39 is 22.0 Å². The number of rotatable bonds is 6. The summed E-state index contributed by atoms with van der Waals surface area (Å²) in [6.45, 7) is 6.48. The van der Waals surface area contributed by atoms with Gasteiger partial charge in [0.25, 0.3) is 0 Å². The molecule has 1 saturated heterocycles. The number of aryl methyl sites for hydroxylation is 1. The summed E-state index contributed by atoms with van der Waals surface area (Å²) in [6.07, 6.45) is 0. The molecule has 3 rings (SSSR count). The van der Waals surface area contributed by atoms with Crippen LogP contribution in [0.15, 0.2) is 53.4 Å². The molecule has 7 nitrogen and oxygen atoms in total. The third kappa shape index (κ3) is 5.09. The van der Waals surface area contributed by atoms with Crippen LogP contribution in [0, 0.1) is 6.92 Å². The number of carbonyl (C=O) groups is 1. The number of ether oxygens (including phenoxy) is 1. The smallest absolute Gasteiger partial charge is 0.242 e. The zero-order valence-electron chi connectivity index (χ0n) is 16.0. The van der Waals surface area contributed by atoms with Crippen LogP contribution < -0.4 is 14.9 Å². The van der Waals surface area contributed by atoms with Gasteiger partial charge in [0.2, 0.25) is 15.9 Å². The Bertz CT molecular complexity index is 905. The van der Waals surface area contributed by atoms with Crippen molar-refractivity contribution >= 4 is 27.3 Å². The van der Waals surface area contributed by atoms with Crippen molar-refractivity contribution in [1.82, 2.24) is 4.72 Å². The number of hydrogen-bond donors (Lipinski definition) is 2. The summed E-state index contributed by atoms with van der Waals surface area (Å²) < 4.78 is 32.6. The predicted octanol–water partition coefficient (Wildman–Crippen LogP) is 2.14. The van der Waals surface area contributed by atoms with Gasteiger partial charge in [-0.05, 0) is 50.2 Å². The maximum atomic E-state index is 12.4. The highest BCUT2D eigenvalue weighted by Crippen LogP contribution is 2.19. The van der Waals surface area contributed by atoms with Crippen LogP contribution in [0.25, 0.3) is 0 Å². The molecule has 0 aliphatic carbocycles. The van der Waals surface area contributed by atoms with Crippen molar-refractivity contribution in [3.05, 3.63) is 54.1 Å². The van der Waals surface area contributed by atoms with E-state index in [0.29, 0.717) is 18.9 Å². The van der Waals surface area contributed by atoms with E-state index in [1.807, 2.05) is 31.2 Å². The van der Waals surface area contributed by atoms with Gasteiger partial charge in [-0.2, -0.15) is 4.72 Å². The highest BCUT2D eigenvalue weighted by Gasteiger charge is 2.22. The quantitative estimate of drug-likeness (QED) is 0.772. The van der Waals surface area contributed by atoms with Gasteiger partial charge < -0.3 is 15.0 Å². The standard InChI is InChI=1S/C20H25N3O4S/c1-15-3-9-19(10-4-15)28(25,26)22-16(2)20(24)21-17-5-7-18(8-6-17)23-11-13-27-14-12-23/h3-10,16,22H,11-14H2,1-2H3,(H,21,24)/t16-/m0/s1. The second kappa shape index (κ2) is 8.72. The molecule has 8 heteroatoms. The Balaban J connectivity index is 1.59. The first kappa shape index (κ1) is 20.3. The third-order valence-corrected chi connectivity index (χ3v) is 6.12. The summed E-state index contributed by atoms with van der Waals surface area (Å²) in [5.74, 6) is -0.421. The highest BCUT2D eigenvalue weighted by molar-refractivity contribution is 7.89. The molecule has 0 aromatic heterocycles. The highest BCUT2D eigenvalue weighted by atomic mass is 32.2. The molecule has 0 unspecified atom stereocenters. The van der Waals surface area contributed by atoms with E-state index in [4.69, 9.17) is 4.74 Å². The topological polar surface area (TPSA) is 87.7 Å². The normalized spacial score (nSPS) is 15.9. The van der Waals surface area contributed by atoms with Crippen molar-refractivity contribution in [2.24, 2.45) is 0 Å². The molecule has 0 saturated carbocycles. The summed E-state index contributed by atoms with van der Waals surface area (Å²) in [7, 11) is -3.76. The maximum Gasteiger partial charge on any atom is 0.242 e. The van der Waals surface area contributed by atoms with E-state index in [9.17, 15) is 13.2 Å². The number of carbonyl (C=O) groups excluding carboxylic acids is 1. The van der Waals surface area contributed by atoms with Crippen LogP contribution in [0.5, 0.6) is 0 Å². The lowest BCUT2D eigenvalue weighted by atomic mass is 10.2. The summed E-state index contributed by atoms with van der Waals surface area (Å²) >= 11 is 0. The fourth-order valence-electron chi connectivity index (χ4n) is 2.90. The van der Waals surface area contributed by atoms with Crippen molar-refractivity contribution in [3.63, 3.8) is 0 Å². The minimum atomic E-state index is -3.76. The van der Waals surface area contributed by atoms with Crippen molar-refractivity contribution in [2.75, 3.05) is 36.5 Å². The molecule has 1 amide bonds. The van der Waals surface area contributed by atoms with Crippen molar-refractivity contribution < 1.29 is 17.9 Å². The maximum absolute atomic E-state index is 12.4. The molecule has 1 aliphatic heterocycles. The Morgan fingerprint density at radius 1 is 1.04 bits per heavy atom. The summed E-state index contributed by atoms with van der Waals surface area (Å²) in [6, 6.07) is 13.0. The number of benzene rings is 2. The van der Waals surface area contributed by atoms with E-state index in [0.717, 1.165) is 24.3 Å². The molecule has 0 bridgehead atoms. The lowest BCUT2D eigenvalue weighted by Gasteiger charge is -2.29.